The minimum Gasteiger partial charge on any atom is -0.480 e. The Kier molecular flexibility index (Phi) is 5.32. The molecule has 0 unspecified atom stereocenters. The molecule has 0 aromatic carbocycles. The van der Waals surface area contributed by atoms with Crippen LogP contribution in [0.4, 0.5) is 5.82 Å². The van der Waals surface area contributed by atoms with Crippen molar-refractivity contribution in [2.45, 2.75) is 38.8 Å². The van der Waals surface area contributed by atoms with E-state index in [0.717, 1.165) is 19.4 Å². The Morgan fingerprint density at radius 2 is 2.24 bits per heavy atom. The molecule has 1 aliphatic carbocycles. The topological polar surface area (TPSA) is 87.6 Å². The lowest BCUT2D eigenvalue weighted by atomic mass is 9.85. The van der Waals surface area contributed by atoms with E-state index in [1.807, 2.05) is 18.7 Å². The molecule has 1 aromatic heterocycles. The predicted octanol–water partition coefficient (Wildman–Crippen LogP) is 1.22. The first-order valence-corrected chi connectivity index (χ1v) is 7.29. The Bertz CT molecular complexity index is 477. The first-order chi connectivity index (χ1) is 10.1. The molecule has 1 heterocycles. The third-order valence-electron chi connectivity index (χ3n) is 3.63. The van der Waals surface area contributed by atoms with E-state index in [1.54, 1.807) is 12.4 Å². The van der Waals surface area contributed by atoms with Crippen LogP contribution in [0.2, 0.25) is 0 Å². The maximum absolute atomic E-state index is 10.8. The van der Waals surface area contributed by atoms with E-state index in [-0.39, 0.29) is 6.54 Å². The first-order valence-electron chi connectivity index (χ1n) is 7.29. The normalized spacial score (nSPS) is 20.9. The van der Waals surface area contributed by atoms with E-state index in [2.05, 4.69) is 15.3 Å². The standard InChI is InChI=1S/C14H22N4O3/c1-3-18(9-14(19)20)11-5-10(6-11)16-12-7-15-8-13(17-12)21-4-2/h7-8,10-11H,3-6,9H2,1-2H3,(H,16,17)(H,19,20). The van der Waals surface area contributed by atoms with Crippen LogP contribution in [0.3, 0.4) is 0 Å². The molecule has 1 saturated carbocycles. The van der Waals surface area contributed by atoms with Gasteiger partial charge in [-0.05, 0) is 26.3 Å². The van der Waals surface area contributed by atoms with Gasteiger partial charge in [0.15, 0.2) is 0 Å². The number of likely N-dealkylation sites (N-methyl/N-ethyl adjacent to an activating group) is 1. The molecule has 0 atom stereocenters. The summed E-state index contributed by atoms with van der Waals surface area (Å²) in [5.41, 5.74) is 0. The van der Waals surface area contributed by atoms with E-state index in [0.29, 0.717) is 30.4 Å². The number of hydrogen-bond acceptors (Lipinski definition) is 6. The molecule has 0 amide bonds. The van der Waals surface area contributed by atoms with E-state index < -0.39 is 5.97 Å². The molecule has 0 aliphatic heterocycles. The molecule has 1 fully saturated rings. The van der Waals surface area contributed by atoms with Crippen LogP contribution in [0.25, 0.3) is 0 Å². The van der Waals surface area contributed by atoms with Crippen molar-refractivity contribution >= 4 is 11.8 Å². The predicted molar refractivity (Wildman–Crippen MR) is 78.5 cm³/mol. The molecule has 1 aromatic rings. The second-order valence-electron chi connectivity index (χ2n) is 5.10. The van der Waals surface area contributed by atoms with Crippen LogP contribution in [-0.2, 0) is 4.79 Å². The molecule has 21 heavy (non-hydrogen) atoms. The van der Waals surface area contributed by atoms with Crippen molar-refractivity contribution in [3.63, 3.8) is 0 Å². The maximum atomic E-state index is 10.8. The zero-order valence-electron chi connectivity index (χ0n) is 12.5. The Labute approximate surface area is 124 Å². The SMILES string of the molecule is CCOc1cncc(NC2CC(N(CC)CC(=O)O)C2)n1. The molecule has 116 valence electrons. The average molecular weight is 294 g/mol. The average Bonchev–Trinajstić information content (AvgIpc) is 2.41. The number of carboxylic acids is 1. The third-order valence-corrected chi connectivity index (χ3v) is 3.63. The molecule has 7 nitrogen and oxygen atoms in total. The van der Waals surface area contributed by atoms with Crippen LogP contribution < -0.4 is 10.1 Å². The van der Waals surface area contributed by atoms with Gasteiger partial charge < -0.3 is 15.2 Å². The van der Waals surface area contributed by atoms with Crippen LogP contribution in [0.15, 0.2) is 12.4 Å². The van der Waals surface area contributed by atoms with Gasteiger partial charge in [-0.2, -0.15) is 4.98 Å². The van der Waals surface area contributed by atoms with Crippen molar-refractivity contribution in [2.24, 2.45) is 0 Å². The van der Waals surface area contributed by atoms with Gasteiger partial charge in [-0.3, -0.25) is 14.7 Å². The Morgan fingerprint density at radius 1 is 1.48 bits per heavy atom. The summed E-state index contributed by atoms with van der Waals surface area (Å²) in [6, 6.07) is 0.635. The maximum Gasteiger partial charge on any atom is 0.317 e. The first kappa shape index (κ1) is 15.5. The van der Waals surface area contributed by atoms with Crippen molar-refractivity contribution in [3.8, 4) is 5.88 Å². The quantitative estimate of drug-likeness (QED) is 0.745. The summed E-state index contributed by atoms with van der Waals surface area (Å²) in [7, 11) is 0. The summed E-state index contributed by atoms with van der Waals surface area (Å²) in [5.74, 6) is 0.439. The number of rotatable bonds is 8. The van der Waals surface area contributed by atoms with Crippen LogP contribution in [0.5, 0.6) is 5.88 Å². The van der Waals surface area contributed by atoms with Crippen LogP contribution in [0, 0.1) is 0 Å². The number of nitrogens with one attached hydrogen (secondary N) is 1. The Morgan fingerprint density at radius 3 is 2.86 bits per heavy atom. The number of aromatic nitrogens is 2. The van der Waals surface area contributed by atoms with E-state index in [9.17, 15) is 4.79 Å². The van der Waals surface area contributed by atoms with Crippen molar-refractivity contribution in [3.05, 3.63) is 12.4 Å². The van der Waals surface area contributed by atoms with E-state index in [1.165, 1.54) is 0 Å². The minimum atomic E-state index is -0.774. The summed E-state index contributed by atoms with van der Waals surface area (Å²) in [5, 5.41) is 12.2. The molecule has 2 rings (SSSR count). The summed E-state index contributed by atoms with van der Waals surface area (Å²) < 4.78 is 5.31. The number of carbonyl (C=O) groups is 1. The van der Waals surface area contributed by atoms with E-state index >= 15 is 0 Å². The lowest BCUT2D eigenvalue weighted by Gasteiger charge is -2.42. The number of carboxylic acid groups (broad SMARTS) is 1. The monoisotopic (exact) mass is 294 g/mol. The molecule has 0 saturated heterocycles. The van der Waals surface area contributed by atoms with Gasteiger partial charge in [0.1, 0.15) is 5.82 Å². The second-order valence-corrected chi connectivity index (χ2v) is 5.10. The number of ether oxygens (including phenoxy) is 1. The highest BCUT2D eigenvalue weighted by Gasteiger charge is 2.33. The van der Waals surface area contributed by atoms with Gasteiger partial charge in [0.25, 0.3) is 0 Å². The summed E-state index contributed by atoms with van der Waals surface area (Å²) in [6.45, 7) is 5.31. The van der Waals surface area contributed by atoms with E-state index in [4.69, 9.17) is 9.84 Å². The smallest absolute Gasteiger partial charge is 0.317 e. The van der Waals surface area contributed by atoms with Gasteiger partial charge in [0.2, 0.25) is 5.88 Å². The Hall–Kier alpha value is -1.89. The zero-order valence-corrected chi connectivity index (χ0v) is 12.5. The number of nitrogens with zero attached hydrogens (tertiary/aromatic N) is 3. The lowest BCUT2D eigenvalue weighted by Crippen LogP contribution is -2.51. The molecule has 1 aliphatic rings. The fraction of sp³-hybridized carbons (Fsp3) is 0.643. The lowest BCUT2D eigenvalue weighted by molar-refractivity contribution is -0.139. The summed E-state index contributed by atoms with van der Waals surface area (Å²) >= 11 is 0. The van der Waals surface area contributed by atoms with Gasteiger partial charge in [0.05, 0.1) is 25.5 Å². The van der Waals surface area contributed by atoms with Gasteiger partial charge in [-0.1, -0.05) is 6.92 Å². The van der Waals surface area contributed by atoms with Gasteiger partial charge >= 0.3 is 5.97 Å². The fourth-order valence-electron chi connectivity index (χ4n) is 2.52. The summed E-state index contributed by atoms with van der Waals surface area (Å²) in [4.78, 5) is 21.2. The highest BCUT2D eigenvalue weighted by molar-refractivity contribution is 5.69. The van der Waals surface area contributed by atoms with Crippen molar-refractivity contribution < 1.29 is 14.6 Å². The minimum absolute atomic E-state index is 0.105. The second kappa shape index (κ2) is 7.21. The number of anilines is 1. The van der Waals surface area contributed by atoms with Gasteiger partial charge in [-0.25, -0.2) is 0 Å². The van der Waals surface area contributed by atoms with Crippen LogP contribution in [0.1, 0.15) is 26.7 Å². The van der Waals surface area contributed by atoms with Crippen molar-refractivity contribution in [1.82, 2.24) is 14.9 Å². The highest BCUT2D eigenvalue weighted by atomic mass is 16.5. The third kappa shape index (κ3) is 4.29. The molecule has 2 N–H and O–H groups in total. The molecule has 7 heteroatoms. The molecule has 0 spiro atoms. The van der Waals surface area contributed by atoms with Crippen molar-refractivity contribution in [2.75, 3.05) is 25.0 Å². The van der Waals surface area contributed by atoms with Crippen molar-refractivity contribution in [1.29, 1.82) is 0 Å². The summed E-state index contributed by atoms with van der Waals surface area (Å²) in [6.07, 6.45) is 5.10. The fourth-order valence-corrected chi connectivity index (χ4v) is 2.52. The molecule has 0 bridgehead atoms. The van der Waals surface area contributed by atoms with Crippen LogP contribution >= 0.6 is 0 Å². The number of hydrogen-bond donors (Lipinski definition) is 2. The van der Waals surface area contributed by atoms with Gasteiger partial charge in [0, 0.05) is 12.1 Å². The largest absolute Gasteiger partial charge is 0.480 e. The number of aliphatic carboxylic acids is 1. The molecule has 0 radical (unpaired) electrons. The molecular weight excluding hydrogens is 272 g/mol. The Balaban J connectivity index is 1.82. The molecular formula is C14H22N4O3. The highest BCUT2D eigenvalue weighted by Crippen LogP contribution is 2.28. The zero-order chi connectivity index (χ0) is 15.2. The van der Waals surface area contributed by atoms with Crippen LogP contribution in [-0.4, -0.2) is 57.7 Å². The van der Waals surface area contributed by atoms with Gasteiger partial charge in [-0.15, -0.1) is 0 Å².